The molecule has 0 bridgehead atoms. The summed E-state index contributed by atoms with van der Waals surface area (Å²) in [7, 11) is -4.87. The molecule has 0 aromatic heterocycles. The molecule has 15 heavy (non-hydrogen) atoms. The molecule has 0 unspecified atom stereocenters. The Kier molecular flexibility index (Phi) is 8.35. The summed E-state index contributed by atoms with van der Waals surface area (Å²) in [6.45, 7) is -0.238. The van der Waals surface area contributed by atoms with Crippen LogP contribution in [0, 0.1) is 0 Å². The van der Waals surface area contributed by atoms with Crippen molar-refractivity contribution in [2.45, 2.75) is 0 Å². The summed E-state index contributed by atoms with van der Waals surface area (Å²) in [4.78, 5) is 20.1. The zero-order valence-corrected chi connectivity index (χ0v) is 12.3. The molecule has 0 spiro atoms. The van der Waals surface area contributed by atoms with Crippen LogP contribution < -0.4 is 65.9 Å². The number of benzene rings is 1. The molecule has 0 aliphatic rings. The number of hydrogen-bond acceptors (Lipinski definition) is 5. The first kappa shape index (κ1) is 15.8. The summed E-state index contributed by atoms with van der Waals surface area (Å²) in [5.41, 5.74) is 0. The first-order valence-corrected chi connectivity index (χ1v) is 5.38. The van der Waals surface area contributed by atoms with Gasteiger partial charge in [-0.05, 0) is 12.1 Å². The van der Waals surface area contributed by atoms with Crippen molar-refractivity contribution < 1.29 is 75.0 Å². The Morgan fingerprint density at radius 3 is 2.27 bits per heavy atom. The summed E-state index contributed by atoms with van der Waals surface area (Å²) >= 11 is 0. The maximum absolute atomic E-state index is 10.0. The van der Waals surface area contributed by atoms with Crippen molar-refractivity contribution in [3.63, 3.8) is 0 Å². The van der Waals surface area contributed by atoms with Crippen LogP contribution in [0.15, 0.2) is 30.3 Å². The third-order valence-corrected chi connectivity index (χ3v) is 1.84. The van der Waals surface area contributed by atoms with E-state index in [1.54, 1.807) is 24.3 Å². The van der Waals surface area contributed by atoms with E-state index in [4.69, 9.17) is 4.74 Å². The van der Waals surface area contributed by atoms with E-state index < -0.39 is 7.82 Å². The Morgan fingerprint density at radius 2 is 1.73 bits per heavy atom. The Morgan fingerprint density at radius 1 is 1.13 bits per heavy atom. The van der Waals surface area contributed by atoms with E-state index in [-0.39, 0.29) is 64.6 Å². The fourth-order valence-electron chi connectivity index (χ4n) is 0.825. The summed E-state index contributed by atoms with van der Waals surface area (Å²) in [6, 6.07) is 8.82. The maximum Gasteiger partial charge on any atom is 1.00 e. The van der Waals surface area contributed by atoms with Gasteiger partial charge < -0.3 is 23.6 Å². The van der Waals surface area contributed by atoms with Gasteiger partial charge in [-0.1, -0.05) is 18.2 Å². The Labute approximate surface area is 130 Å². The van der Waals surface area contributed by atoms with Crippen molar-refractivity contribution in [3.8, 4) is 5.75 Å². The van der Waals surface area contributed by atoms with Crippen LogP contribution in [0.4, 0.5) is 0 Å². The van der Waals surface area contributed by atoms with Gasteiger partial charge in [-0.15, -0.1) is 0 Å². The van der Waals surface area contributed by atoms with Crippen LogP contribution in [-0.4, -0.2) is 13.2 Å². The molecule has 0 atom stereocenters. The third kappa shape index (κ3) is 8.56. The van der Waals surface area contributed by atoms with E-state index in [1.165, 1.54) is 0 Å². The van der Waals surface area contributed by atoms with Crippen molar-refractivity contribution in [2.24, 2.45) is 0 Å². The summed E-state index contributed by atoms with van der Waals surface area (Å²) in [5, 5.41) is 0. The summed E-state index contributed by atoms with van der Waals surface area (Å²) < 4.78 is 19.1. The van der Waals surface area contributed by atoms with E-state index in [9.17, 15) is 14.4 Å². The molecule has 0 aliphatic carbocycles. The minimum Gasteiger partial charge on any atom is -0.790 e. The average Bonchev–Trinajstić information content (AvgIpc) is 2.13. The number of rotatable bonds is 5. The van der Waals surface area contributed by atoms with Crippen molar-refractivity contribution in [3.05, 3.63) is 30.3 Å². The van der Waals surface area contributed by atoms with Gasteiger partial charge in [-0.25, -0.2) is 0 Å². The minimum absolute atomic E-state index is 0. The van der Waals surface area contributed by atoms with Crippen LogP contribution in [0.5, 0.6) is 5.75 Å². The van der Waals surface area contributed by atoms with E-state index in [0.717, 1.165) is 0 Å². The Balaban J connectivity index is 0.00000196. The standard InChI is InChI=1S/C8H11O5P.K/c9-14(10,11)13-7-6-12-8-4-2-1-3-5-8;/h1-5H,6-7H2,(H2,9,10,11);/q;+1/p-2. The first-order chi connectivity index (χ1) is 6.58. The van der Waals surface area contributed by atoms with Crippen molar-refractivity contribution in [2.75, 3.05) is 13.2 Å². The number of phosphoric ester groups is 1. The fraction of sp³-hybridized carbons (Fsp3) is 0.250. The first-order valence-electron chi connectivity index (χ1n) is 3.92. The largest absolute Gasteiger partial charge is 1.00 e. The van der Waals surface area contributed by atoms with Crippen LogP contribution in [0.2, 0.25) is 0 Å². The van der Waals surface area contributed by atoms with Gasteiger partial charge in [0.1, 0.15) is 12.4 Å². The zero-order valence-electron chi connectivity index (χ0n) is 8.29. The van der Waals surface area contributed by atoms with Crippen molar-refractivity contribution >= 4 is 7.82 Å². The van der Waals surface area contributed by atoms with Gasteiger partial charge in [0.2, 0.25) is 0 Å². The molecule has 78 valence electrons. The van der Waals surface area contributed by atoms with Crippen molar-refractivity contribution in [1.82, 2.24) is 0 Å². The third-order valence-electron chi connectivity index (χ3n) is 1.34. The summed E-state index contributed by atoms with van der Waals surface area (Å²) in [5.74, 6) is 0.600. The maximum atomic E-state index is 10.0. The number of para-hydroxylation sites is 1. The normalized spacial score (nSPS) is 10.5. The molecule has 0 fully saturated rings. The molecule has 1 aromatic carbocycles. The molecule has 0 N–H and O–H groups in total. The molecular formula is C8H9KO5P-. The minimum atomic E-state index is -4.87. The molecule has 0 heterocycles. The monoisotopic (exact) mass is 255 g/mol. The number of ether oxygens (including phenoxy) is 1. The predicted molar refractivity (Wildman–Crippen MR) is 45.5 cm³/mol. The molecule has 0 saturated heterocycles. The van der Waals surface area contributed by atoms with E-state index in [0.29, 0.717) is 5.75 Å². The number of hydrogen-bond donors (Lipinski definition) is 0. The van der Waals surface area contributed by atoms with Crippen LogP contribution in [-0.2, 0) is 9.09 Å². The quantitative estimate of drug-likeness (QED) is 0.316. The van der Waals surface area contributed by atoms with Crippen LogP contribution in [0.1, 0.15) is 0 Å². The smallest absolute Gasteiger partial charge is 0.790 e. The van der Waals surface area contributed by atoms with E-state index in [2.05, 4.69) is 4.52 Å². The van der Waals surface area contributed by atoms with Crippen molar-refractivity contribution in [1.29, 1.82) is 0 Å². The molecule has 0 aliphatic heterocycles. The fourth-order valence-corrected chi connectivity index (χ4v) is 1.12. The van der Waals surface area contributed by atoms with Gasteiger partial charge in [0.05, 0.1) is 14.4 Å². The second kappa shape index (κ2) is 7.95. The molecular weight excluding hydrogens is 246 g/mol. The van der Waals surface area contributed by atoms with Gasteiger partial charge in [-0.2, -0.15) is 0 Å². The molecule has 1 rings (SSSR count). The molecule has 0 amide bonds. The molecule has 7 heteroatoms. The Hall–Kier alpha value is 0.766. The van der Waals surface area contributed by atoms with Gasteiger partial charge in [0.25, 0.3) is 0 Å². The topological polar surface area (TPSA) is 81.7 Å². The number of phosphoric acid groups is 1. The Bertz CT molecular complexity index is 312. The average molecular weight is 255 g/mol. The van der Waals surface area contributed by atoms with Gasteiger partial charge in [0, 0.05) is 0 Å². The van der Waals surface area contributed by atoms with Crippen LogP contribution >= 0.6 is 7.82 Å². The van der Waals surface area contributed by atoms with E-state index >= 15 is 0 Å². The second-order valence-corrected chi connectivity index (χ2v) is 3.59. The van der Waals surface area contributed by atoms with Gasteiger partial charge >= 0.3 is 51.4 Å². The molecule has 5 nitrogen and oxygen atoms in total. The predicted octanol–water partition coefficient (Wildman–Crippen LogP) is -3.09. The zero-order chi connectivity index (χ0) is 10.4. The van der Waals surface area contributed by atoms with Crippen LogP contribution in [0.3, 0.4) is 0 Å². The molecule has 0 radical (unpaired) electrons. The van der Waals surface area contributed by atoms with Gasteiger partial charge in [-0.3, -0.25) is 0 Å². The summed E-state index contributed by atoms with van der Waals surface area (Å²) in [6.07, 6.45) is 0. The SMILES string of the molecule is O=P([O-])([O-])OCCOc1ccccc1.[K+]. The second-order valence-electron chi connectivity index (χ2n) is 2.44. The molecule has 0 saturated carbocycles. The van der Waals surface area contributed by atoms with E-state index in [1.807, 2.05) is 6.07 Å². The van der Waals surface area contributed by atoms with Crippen LogP contribution in [0.25, 0.3) is 0 Å². The van der Waals surface area contributed by atoms with Gasteiger partial charge in [0.15, 0.2) is 0 Å². The molecule has 1 aromatic rings.